The Hall–Kier alpha value is -1.31. The van der Waals surface area contributed by atoms with Crippen LogP contribution in [0.5, 0.6) is 0 Å². The number of nitrogens with zero attached hydrogens (tertiary/aromatic N) is 1. The smallest absolute Gasteiger partial charge is 0.0684 e. The minimum atomic E-state index is 1.17. The molecule has 0 fully saturated rings. The number of aryl methyl sites for hydroxylation is 3. The van der Waals surface area contributed by atoms with Crippen molar-refractivity contribution in [2.24, 2.45) is 0 Å². The van der Waals surface area contributed by atoms with Crippen LogP contribution in [0.4, 0.5) is 0 Å². The second-order valence-corrected chi connectivity index (χ2v) is 3.29. The van der Waals surface area contributed by atoms with Crippen molar-refractivity contribution in [3.63, 3.8) is 0 Å². The molecule has 1 aromatic carbocycles. The number of hydrogen-bond acceptors (Lipinski definition) is 1. The lowest BCUT2D eigenvalue weighted by Crippen LogP contribution is -1.85. The van der Waals surface area contributed by atoms with Gasteiger partial charge in [-0.1, -0.05) is 47.6 Å². The monoisotopic (exact) mass is 250 g/mol. The van der Waals surface area contributed by atoms with Crippen LogP contribution in [-0.4, -0.2) is 10.2 Å². The third-order valence-electron chi connectivity index (χ3n) is 2.46. The summed E-state index contributed by atoms with van der Waals surface area (Å²) < 4.78 is 0. The number of aromatic nitrogens is 2. The topological polar surface area (TPSA) is 28.7 Å². The number of fused-ring (bicyclic) bond motifs is 1. The Balaban J connectivity index is 0. The fourth-order valence-electron chi connectivity index (χ4n) is 1.58. The fraction of sp³-hybridized carbons (Fsp3) is 0.562. The van der Waals surface area contributed by atoms with Gasteiger partial charge in [0.2, 0.25) is 0 Å². The van der Waals surface area contributed by atoms with E-state index < -0.39 is 0 Å². The molecule has 0 spiro atoms. The largest absolute Gasteiger partial charge is 0.278 e. The van der Waals surface area contributed by atoms with Gasteiger partial charge in [0.1, 0.15) is 0 Å². The van der Waals surface area contributed by atoms with Gasteiger partial charge in [-0.05, 0) is 37.5 Å². The summed E-state index contributed by atoms with van der Waals surface area (Å²) in [7, 11) is 0. The van der Waals surface area contributed by atoms with Crippen molar-refractivity contribution in [3.05, 3.63) is 29.0 Å². The van der Waals surface area contributed by atoms with Crippen LogP contribution in [0, 0.1) is 20.8 Å². The van der Waals surface area contributed by atoms with Gasteiger partial charge >= 0.3 is 0 Å². The van der Waals surface area contributed by atoms with Gasteiger partial charge in [-0.2, -0.15) is 5.10 Å². The average Bonchev–Trinajstić information content (AvgIpc) is 2.93. The molecule has 0 unspecified atom stereocenters. The molecule has 0 aliphatic carbocycles. The van der Waals surface area contributed by atoms with Crippen LogP contribution in [0.2, 0.25) is 0 Å². The molecule has 1 heterocycles. The summed E-state index contributed by atoms with van der Waals surface area (Å²) in [5.74, 6) is 0. The van der Waals surface area contributed by atoms with E-state index in [0.717, 1.165) is 0 Å². The Labute approximate surface area is 113 Å². The summed E-state index contributed by atoms with van der Waals surface area (Å²) in [4.78, 5) is 0. The van der Waals surface area contributed by atoms with Crippen LogP contribution in [-0.2, 0) is 0 Å². The molecule has 1 aromatic heterocycles. The summed E-state index contributed by atoms with van der Waals surface area (Å²) in [6.45, 7) is 18.4. The second-order valence-electron chi connectivity index (χ2n) is 3.29. The molecule has 0 aliphatic rings. The standard InChI is InChI=1S/C10H12N2.3C2H6/c1-6-4-7(2)9-5-11-12-10(9)8(6)3;3*1-2/h4-5H,1-3H3,(H,11,12);3*1-2H3. The molecular formula is C16H30N2. The third kappa shape index (κ3) is 4.52. The highest BCUT2D eigenvalue weighted by Gasteiger charge is 2.04. The zero-order valence-electron chi connectivity index (χ0n) is 13.6. The Morgan fingerprint density at radius 2 is 1.33 bits per heavy atom. The second kappa shape index (κ2) is 10.8. The van der Waals surface area contributed by atoms with Gasteiger partial charge < -0.3 is 0 Å². The molecule has 0 saturated heterocycles. The van der Waals surface area contributed by atoms with E-state index in [9.17, 15) is 0 Å². The molecule has 1 N–H and O–H groups in total. The molecule has 0 saturated carbocycles. The molecule has 0 bridgehead atoms. The van der Waals surface area contributed by atoms with E-state index in [1.165, 1.54) is 27.6 Å². The summed E-state index contributed by atoms with van der Waals surface area (Å²) in [6.07, 6.45) is 1.89. The Kier molecular flexibility index (Phi) is 11.4. The molecule has 0 amide bonds. The van der Waals surface area contributed by atoms with Crippen LogP contribution in [0.15, 0.2) is 12.3 Å². The average molecular weight is 250 g/mol. The zero-order chi connectivity index (χ0) is 14.7. The lowest BCUT2D eigenvalue weighted by atomic mass is 10.0. The summed E-state index contributed by atoms with van der Waals surface area (Å²) in [5, 5.41) is 8.29. The van der Waals surface area contributed by atoms with E-state index in [1.807, 2.05) is 47.7 Å². The van der Waals surface area contributed by atoms with E-state index in [-0.39, 0.29) is 0 Å². The first kappa shape index (κ1) is 19.0. The van der Waals surface area contributed by atoms with Crippen molar-refractivity contribution >= 4 is 10.9 Å². The molecule has 2 aromatic rings. The highest BCUT2D eigenvalue weighted by atomic mass is 15.1. The number of nitrogens with one attached hydrogen (secondary N) is 1. The first-order valence-corrected chi connectivity index (χ1v) is 7.10. The summed E-state index contributed by atoms with van der Waals surface area (Å²) in [6, 6.07) is 2.20. The summed E-state index contributed by atoms with van der Waals surface area (Å²) >= 11 is 0. The van der Waals surface area contributed by atoms with Crippen LogP contribution >= 0.6 is 0 Å². The highest BCUT2D eigenvalue weighted by molar-refractivity contribution is 5.85. The van der Waals surface area contributed by atoms with Crippen molar-refractivity contribution in [2.75, 3.05) is 0 Å². The lowest BCUT2D eigenvalue weighted by Gasteiger charge is -2.03. The summed E-state index contributed by atoms with van der Waals surface area (Å²) in [5.41, 5.74) is 5.09. The molecule has 0 atom stereocenters. The number of rotatable bonds is 0. The highest BCUT2D eigenvalue weighted by Crippen LogP contribution is 2.22. The molecule has 0 radical (unpaired) electrons. The lowest BCUT2D eigenvalue weighted by molar-refractivity contribution is 1.11. The first-order valence-electron chi connectivity index (χ1n) is 7.10. The van der Waals surface area contributed by atoms with Gasteiger partial charge in [0.05, 0.1) is 11.7 Å². The van der Waals surface area contributed by atoms with Gasteiger partial charge in [0.25, 0.3) is 0 Å². The minimum Gasteiger partial charge on any atom is -0.278 e. The minimum absolute atomic E-state index is 1.17. The SMILES string of the molecule is CC.CC.CC.Cc1cc(C)c2cn[nH]c2c1C. The number of aromatic amines is 1. The van der Waals surface area contributed by atoms with Gasteiger partial charge in [-0.3, -0.25) is 5.10 Å². The van der Waals surface area contributed by atoms with Gasteiger partial charge in [-0.15, -0.1) is 0 Å². The quantitative estimate of drug-likeness (QED) is 0.651. The Morgan fingerprint density at radius 3 is 1.83 bits per heavy atom. The van der Waals surface area contributed by atoms with Crippen molar-refractivity contribution < 1.29 is 0 Å². The molecule has 2 rings (SSSR count). The fourth-order valence-corrected chi connectivity index (χ4v) is 1.58. The van der Waals surface area contributed by atoms with Crippen molar-refractivity contribution in [2.45, 2.75) is 62.3 Å². The maximum Gasteiger partial charge on any atom is 0.0684 e. The van der Waals surface area contributed by atoms with Gasteiger partial charge in [0.15, 0.2) is 0 Å². The zero-order valence-corrected chi connectivity index (χ0v) is 13.6. The predicted octanol–water partition coefficient (Wildman–Crippen LogP) is 5.57. The number of H-pyrrole nitrogens is 1. The van der Waals surface area contributed by atoms with Crippen molar-refractivity contribution in [3.8, 4) is 0 Å². The van der Waals surface area contributed by atoms with E-state index in [0.29, 0.717) is 0 Å². The number of benzene rings is 1. The van der Waals surface area contributed by atoms with Crippen LogP contribution < -0.4 is 0 Å². The Bertz CT molecular complexity index is 428. The molecule has 2 heteroatoms. The van der Waals surface area contributed by atoms with Crippen LogP contribution in [0.3, 0.4) is 0 Å². The first-order chi connectivity index (χ1) is 8.70. The van der Waals surface area contributed by atoms with Crippen LogP contribution in [0.1, 0.15) is 58.2 Å². The maximum atomic E-state index is 4.04. The maximum absolute atomic E-state index is 4.04. The van der Waals surface area contributed by atoms with E-state index in [2.05, 4.69) is 37.0 Å². The molecule has 2 nitrogen and oxygen atoms in total. The van der Waals surface area contributed by atoms with Gasteiger partial charge in [-0.25, -0.2) is 0 Å². The predicted molar refractivity (Wildman–Crippen MR) is 84.3 cm³/mol. The van der Waals surface area contributed by atoms with Gasteiger partial charge in [0, 0.05) is 5.39 Å². The van der Waals surface area contributed by atoms with E-state index in [4.69, 9.17) is 0 Å². The molecular weight excluding hydrogens is 220 g/mol. The third-order valence-corrected chi connectivity index (χ3v) is 2.46. The normalized spacial score (nSPS) is 8.28. The van der Waals surface area contributed by atoms with Crippen LogP contribution in [0.25, 0.3) is 10.9 Å². The molecule has 0 aliphatic heterocycles. The van der Waals surface area contributed by atoms with E-state index >= 15 is 0 Å². The Morgan fingerprint density at radius 1 is 0.833 bits per heavy atom. The molecule has 104 valence electrons. The van der Waals surface area contributed by atoms with Crippen molar-refractivity contribution in [1.82, 2.24) is 10.2 Å². The van der Waals surface area contributed by atoms with Crippen molar-refractivity contribution in [1.29, 1.82) is 0 Å². The molecule has 18 heavy (non-hydrogen) atoms. The number of hydrogen-bond donors (Lipinski definition) is 1. The van der Waals surface area contributed by atoms with E-state index in [1.54, 1.807) is 0 Å².